The average Bonchev–Trinajstić information content (AvgIpc) is 3.05. The van der Waals surface area contributed by atoms with Crippen molar-refractivity contribution < 1.29 is 19.0 Å². The zero-order valence-corrected chi connectivity index (χ0v) is 14.6. The molecule has 1 atom stereocenters. The third-order valence-electron chi connectivity index (χ3n) is 3.79. The number of carbonyl (C=O) groups is 1. The Bertz CT molecular complexity index is 489. The topological polar surface area (TPSA) is 56.8 Å². The molecule has 1 N–H and O–H groups in total. The maximum Gasteiger partial charge on any atom is 0.306 e. The fraction of sp³-hybridized carbons (Fsp3) is 0.588. The van der Waals surface area contributed by atoms with Crippen LogP contribution in [0.5, 0.6) is 11.5 Å². The number of rotatable bonds is 8. The predicted octanol–water partition coefficient (Wildman–Crippen LogP) is 2.60. The second-order valence-corrected chi connectivity index (χ2v) is 5.46. The molecule has 130 valence electrons. The van der Waals surface area contributed by atoms with Crippen LogP contribution in [0, 0.1) is 5.92 Å². The van der Waals surface area contributed by atoms with Crippen molar-refractivity contribution in [2.45, 2.75) is 26.2 Å². The molecule has 5 nitrogen and oxygen atoms in total. The van der Waals surface area contributed by atoms with Gasteiger partial charge in [0.05, 0.1) is 20.3 Å². The van der Waals surface area contributed by atoms with Gasteiger partial charge in [-0.25, -0.2) is 0 Å². The van der Waals surface area contributed by atoms with Crippen LogP contribution in [0.2, 0.25) is 0 Å². The minimum atomic E-state index is -0.171. The number of methoxy groups -OCH3 is 1. The smallest absolute Gasteiger partial charge is 0.306 e. The first-order valence-electron chi connectivity index (χ1n) is 7.89. The van der Waals surface area contributed by atoms with Gasteiger partial charge in [-0.2, -0.15) is 0 Å². The van der Waals surface area contributed by atoms with E-state index in [0.29, 0.717) is 37.7 Å². The van der Waals surface area contributed by atoms with Crippen LogP contribution in [0.25, 0.3) is 0 Å². The zero-order chi connectivity index (χ0) is 15.8. The van der Waals surface area contributed by atoms with Crippen LogP contribution in [-0.4, -0.2) is 39.4 Å². The molecule has 2 rings (SSSR count). The molecule has 0 aliphatic carbocycles. The van der Waals surface area contributed by atoms with Gasteiger partial charge in [0.1, 0.15) is 0 Å². The van der Waals surface area contributed by atoms with Crippen molar-refractivity contribution in [3.05, 3.63) is 23.8 Å². The standard InChI is InChI=1S/C17H25NO4.ClH/c1-3-21-17(19)7-5-13-4-6-15(16(10-13)20-2)22-12-14-8-9-18-11-14;/h4,6,10,14,18H,3,5,7-9,11-12H2,1-2H3;1H. The molecule has 0 bridgehead atoms. The van der Waals surface area contributed by atoms with Crippen molar-refractivity contribution in [3.8, 4) is 11.5 Å². The summed E-state index contributed by atoms with van der Waals surface area (Å²) in [5.41, 5.74) is 1.04. The molecule has 23 heavy (non-hydrogen) atoms. The van der Waals surface area contributed by atoms with Gasteiger partial charge in [0, 0.05) is 18.9 Å². The highest BCUT2D eigenvalue weighted by molar-refractivity contribution is 5.85. The molecule has 1 aliphatic heterocycles. The van der Waals surface area contributed by atoms with E-state index in [2.05, 4.69) is 5.32 Å². The Morgan fingerprint density at radius 3 is 2.83 bits per heavy atom. The summed E-state index contributed by atoms with van der Waals surface area (Å²) in [5.74, 6) is 1.87. The fourth-order valence-electron chi connectivity index (χ4n) is 2.53. The Morgan fingerprint density at radius 2 is 2.17 bits per heavy atom. The minimum absolute atomic E-state index is 0. The van der Waals surface area contributed by atoms with E-state index >= 15 is 0 Å². The van der Waals surface area contributed by atoms with E-state index in [0.717, 1.165) is 30.8 Å². The first kappa shape index (κ1) is 19.6. The third-order valence-corrected chi connectivity index (χ3v) is 3.79. The number of carbonyl (C=O) groups excluding carboxylic acids is 1. The average molecular weight is 344 g/mol. The van der Waals surface area contributed by atoms with Crippen LogP contribution in [-0.2, 0) is 16.0 Å². The lowest BCUT2D eigenvalue weighted by Gasteiger charge is -2.14. The normalized spacial score (nSPS) is 16.5. The maximum absolute atomic E-state index is 11.4. The summed E-state index contributed by atoms with van der Waals surface area (Å²) < 4.78 is 16.2. The van der Waals surface area contributed by atoms with Crippen LogP contribution in [0.3, 0.4) is 0 Å². The molecule has 1 fully saturated rings. The van der Waals surface area contributed by atoms with Crippen molar-refractivity contribution in [3.63, 3.8) is 0 Å². The van der Waals surface area contributed by atoms with Gasteiger partial charge in [0.25, 0.3) is 0 Å². The summed E-state index contributed by atoms with van der Waals surface area (Å²) in [6, 6.07) is 5.83. The lowest BCUT2D eigenvalue weighted by Crippen LogP contribution is -2.15. The van der Waals surface area contributed by atoms with Gasteiger partial charge in [0.15, 0.2) is 11.5 Å². The SMILES string of the molecule is CCOC(=O)CCc1ccc(OCC2CCNC2)c(OC)c1.Cl. The van der Waals surface area contributed by atoms with Gasteiger partial charge in [-0.05, 0) is 44.0 Å². The van der Waals surface area contributed by atoms with Crippen molar-refractivity contribution in [2.75, 3.05) is 33.4 Å². The van der Waals surface area contributed by atoms with E-state index in [4.69, 9.17) is 14.2 Å². The van der Waals surface area contributed by atoms with Gasteiger partial charge in [-0.1, -0.05) is 6.07 Å². The minimum Gasteiger partial charge on any atom is -0.493 e. The van der Waals surface area contributed by atoms with Gasteiger partial charge in [0.2, 0.25) is 0 Å². The van der Waals surface area contributed by atoms with Crippen molar-refractivity contribution in [1.29, 1.82) is 0 Å². The summed E-state index contributed by atoms with van der Waals surface area (Å²) in [5, 5.41) is 3.33. The Kier molecular flexibility index (Phi) is 8.81. The highest BCUT2D eigenvalue weighted by Crippen LogP contribution is 2.29. The van der Waals surface area contributed by atoms with E-state index in [1.54, 1.807) is 7.11 Å². The van der Waals surface area contributed by atoms with Crippen LogP contribution in [0.1, 0.15) is 25.3 Å². The van der Waals surface area contributed by atoms with Crippen LogP contribution in [0.15, 0.2) is 18.2 Å². The molecule has 1 aromatic carbocycles. The summed E-state index contributed by atoms with van der Waals surface area (Å²) in [6.45, 7) is 5.02. The van der Waals surface area contributed by atoms with E-state index < -0.39 is 0 Å². The van der Waals surface area contributed by atoms with Crippen molar-refractivity contribution in [1.82, 2.24) is 5.32 Å². The molecule has 1 aliphatic rings. The van der Waals surface area contributed by atoms with Crippen LogP contribution in [0.4, 0.5) is 0 Å². The fourth-order valence-corrected chi connectivity index (χ4v) is 2.53. The van der Waals surface area contributed by atoms with Crippen LogP contribution >= 0.6 is 12.4 Å². The Hall–Kier alpha value is -1.46. The summed E-state index contributed by atoms with van der Waals surface area (Å²) in [7, 11) is 1.63. The molecule has 1 aromatic rings. The second-order valence-electron chi connectivity index (χ2n) is 5.46. The molecule has 0 radical (unpaired) electrons. The summed E-state index contributed by atoms with van der Waals surface area (Å²) in [6.07, 6.45) is 2.17. The molecular formula is C17H26ClNO4. The number of hydrogen-bond donors (Lipinski definition) is 1. The highest BCUT2D eigenvalue weighted by atomic mass is 35.5. The number of hydrogen-bond acceptors (Lipinski definition) is 5. The third kappa shape index (κ3) is 6.28. The van der Waals surface area contributed by atoms with Crippen molar-refractivity contribution in [2.24, 2.45) is 5.92 Å². The highest BCUT2D eigenvalue weighted by Gasteiger charge is 2.16. The number of ether oxygens (including phenoxy) is 3. The molecule has 1 saturated heterocycles. The zero-order valence-electron chi connectivity index (χ0n) is 13.8. The van der Waals surface area contributed by atoms with Crippen molar-refractivity contribution >= 4 is 18.4 Å². The van der Waals surface area contributed by atoms with E-state index in [-0.39, 0.29) is 18.4 Å². The molecule has 0 spiro atoms. The Morgan fingerprint density at radius 1 is 1.35 bits per heavy atom. The Labute approximate surface area is 144 Å². The number of halogens is 1. The predicted molar refractivity (Wildman–Crippen MR) is 91.7 cm³/mol. The molecular weight excluding hydrogens is 318 g/mol. The number of aryl methyl sites for hydroxylation is 1. The largest absolute Gasteiger partial charge is 0.493 e. The number of benzene rings is 1. The monoisotopic (exact) mass is 343 g/mol. The summed E-state index contributed by atoms with van der Waals surface area (Å²) >= 11 is 0. The van der Waals surface area contributed by atoms with Gasteiger partial charge < -0.3 is 19.5 Å². The van der Waals surface area contributed by atoms with Gasteiger partial charge in [-0.15, -0.1) is 12.4 Å². The molecule has 0 saturated carbocycles. The first-order valence-corrected chi connectivity index (χ1v) is 7.89. The van der Waals surface area contributed by atoms with Crippen LogP contribution < -0.4 is 14.8 Å². The van der Waals surface area contributed by atoms with E-state index in [1.165, 1.54) is 0 Å². The molecule has 0 amide bonds. The lowest BCUT2D eigenvalue weighted by atomic mass is 10.1. The van der Waals surface area contributed by atoms with E-state index in [1.807, 2.05) is 25.1 Å². The second kappa shape index (κ2) is 10.3. The summed E-state index contributed by atoms with van der Waals surface area (Å²) in [4.78, 5) is 11.4. The quantitative estimate of drug-likeness (QED) is 0.735. The van der Waals surface area contributed by atoms with Gasteiger partial charge in [-0.3, -0.25) is 4.79 Å². The molecule has 1 unspecified atom stereocenters. The first-order chi connectivity index (χ1) is 10.7. The van der Waals surface area contributed by atoms with E-state index in [9.17, 15) is 4.79 Å². The maximum atomic E-state index is 11.4. The lowest BCUT2D eigenvalue weighted by molar-refractivity contribution is -0.143. The van der Waals surface area contributed by atoms with Gasteiger partial charge >= 0.3 is 5.97 Å². The number of esters is 1. The number of nitrogens with one attached hydrogen (secondary N) is 1. The molecule has 6 heteroatoms. The molecule has 0 aromatic heterocycles. The Balaban J connectivity index is 0.00000264. The molecule has 1 heterocycles.